The van der Waals surface area contributed by atoms with Crippen molar-refractivity contribution >= 4 is 5.78 Å². The van der Waals surface area contributed by atoms with Crippen molar-refractivity contribution in [3.05, 3.63) is 35.1 Å². The first kappa shape index (κ1) is 11.3. The van der Waals surface area contributed by atoms with Gasteiger partial charge < -0.3 is 5.32 Å². The highest BCUT2D eigenvalue weighted by Crippen LogP contribution is 2.21. The number of halogens is 1. The van der Waals surface area contributed by atoms with Gasteiger partial charge in [0.15, 0.2) is 5.78 Å². The maximum atomic E-state index is 13.4. The fraction of sp³-hybridized carbons (Fsp3) is 0.462. The van der Waals surface area contributed by atoms with Crippen molar-refractivity contribution in [2.45, 2.75) is 26.3 Å². The summed E-state index contributed by atoms with van der Waals surface area (Å²) in [5.74, 6) is -0.261. The van der Waals surface area contributed by atoms with E-state index < -0.39 is 0 Å². The molecule has 1 saturated heterocycles. The summed E-state index contributed by atoms with van der Waals surface area (Å²) >= 11 is 0. The molecule has 2 unspecified atom stereocenters. The molecule has 16 heavy (non-hydrogen) atoms. The summed E-state index contributed by atoms with van der Waals surface area (Å²) in [6.45, 7) is 4.56. The van der Waals surface area contributed by atoms with Crippen LogP contribution in [0.4, 0.5) is 4.39 Å². The van der Waals surface area contributed by atoms with Gasteiger partial charge in [-0.25, -0.2) is 4.39 Å². The van der Waals surface area contributed by atoms with Gasteiger partial charge in [-0.1, -0.05) is 12.1 Å². The zero-order chi connectivity index (χ0) is 11.7. The Morgan fingerprint density at radius 3 is 2.81 bits per heavy atom. The molecule has 0 bridgehead atoms. The number of carbonyl (C=O) groups is 1. The van der Waals surface area contributed by atoms with E-state index in [9.17, 15) is 9.18 Å². The molecule has 0 aromatic heterocycles. The fourth-order valence-corrected chi connectivity index (χ4v) is 2.18. The summed E-state index contributed by atoms with van der Waals surface area (Å²) in [6, 6.07) is 4.92. The van der Waals surface area contributed by atoms with Crippen LogP contribution in [-0.2, 0) is 0 Å². The predicted molar refractivity (Wildman–Crippen MR) is 61.0 cm³/mol. The summed E-state index contributed by atoms with van der Waals surface area (Å²) in [5.41, 5.74) is 1.07. The molecule has 2 rings (SSSR count). The van der Waals surface area contributed by atoms with Crippen LogP contribution in [-0.4, -0.2) is 18.4 Å². The summed E-state index contributed by atoms with van der Waals surface area (Å²) in [5, 5.41) is 3.23. The van der Waals surface area contributed by atoms with E-state index in [4.69, 9.17) is 0 Å². The molecule has 0 amide bonds. The molecule has 0 aliphatic carbocycles. The number of hydrogen-bond donors (Lipinski definition) is 1. The van der Waals surface area contributed by atoms with Gasteiger partial charge in [0.05, 0.1) is 0 Å². The van der Waals surface area contributed by atoms with Crippen molar-refractivity contribution in [1.82, 2.24) is 5.32 Å². The molecule has 1 aliphatic rings. The van der Waals surface area contributed by atoms with Crippen LogP contribution in [0.25, 0.3) is 0 Å². The van der Waals surface area contributed by atoms with Gasteiger partial charge in [0.1, 0.15) is 5.82 Å². The SMILES string of the molecule is Cc1ccc(C(=O)C2CCNC2C)cc1F. The maximum absolute atomic E-state index is 13.4. The van der Waals surface area contributed by atoms with Crippen molar-refractivity contribution < 1.29 is 9.18 Å². The van der Waals surface area contributed by atoms with Gasteiger partial charge in [-0.15, -0.1) is 0 Å². The molecule has 0 radical (unpaired) electrons. The standard InChI is InChI=1S/C13H16FNO/c1-8-3-4-10(7-12(8)14)13(16)11-5-6-15-9(11)2/h3-4,7,9,11,15H,5-6H2,1-2H3. The quantitative estimate of drug-likeness (QED) is 0.776. The van der Waals surface area contributed by atoms with Crippen molar-refractivity contribution in [3.63, 3.8) is 0 Å². The highest BCUT2D eigenvalue weighted by molar-refractivity contribution is 5.98. The van der Waals surface area contributed by atoms with Crippen molar-refractivity contribution in [3.8, 4) is 0 Å². The monoisotopic (exact) mass is 221 g/mol. The number of nitrogens with one attached hydrogen (secondary N) is 1. The largest absolute Gasteiger partial charge is 0.313 e. The highest BCUT2D eigenvalue weighted by Gasteiger charge is 2.30. The minimum Gasteiger partial charge on any atom is -0.313 e. The van der Waals surface area contributed by atoms with E-state index in [2.05, 4.69) is 5.32 Å². The average molecular weight is 221 g/mol. The van der Waals surface area contributed by atoms with E-state index in [1.165, 1.54) is 6.07 Å². The molecule has 3 heteroatoms. The van der Waals surface area contributed by atoms with Crippen LogP contribution >= 0.6 is 0 Å². The Morgan fingerprint density at radius 1 is 1.50 bits per heavy atom. The van der Waals surface area contributed by atoms with Gasteiger partial charge in [-0.2, -0.15) is 0 Å². The van der Waals surface area contributed by atoms with Gasteiger partial charge >= 0.3 is 0 Å². The molecule has 2 atom stereocenters. The molecule has 0 spiro atoms. The average Bonchev–Trinajstić information content (AvgIpc) is 2.67. The second kappa shape index (κ2) is 4.34. The summed E-state index contributed by atoms with van der Waals surface area (Å²) in [7, 11) is 0. The predicted octanol–water partition coefficient (Wildman–Crippen LogP) is 2.31. The number of ketones is 1. The van der Waals surface area contributed by atoms with E-state index in [1.807, 2.05) is 6.92 Å². The van der Waals surface area contributed by atoms with Crippen LogP contribution in [0.5, 0.6) is 0 Å². The normalized spacial score (nSPS) is 24.7. The van der Waals surface area contributed by atoms with E-state index in [-0.39, 0.29) is 23.6 Å². The lowest BCUT2D eigenvalue weighted by Crippen LogP contribution is -2.28. The Morgan fingerprint density at radius 2 is 2.25 bits per heavy atom. The second-order valence-electron chi connectivity index (χ2n) is 4.47. The molecule has 1 fully saturated rings. The molecule has 2 nitrogen and oxygen atoms in total. The first-order valence-corrected chi connectivity index (χ1v) is 5.63. The number of hydrogen-bond acceptors (Lipinski definition) is 2. The van der Waals surface area contributed by atoms with Gasteiger partial charge in [-0.05, 0) is 38.4 Å². The first-order valence-electron chi connectivity index (χ1n) is 5.63. The number of rotatable bonds is 2. The third-order valence-electron chi connectivity index (χ3n) is 3.32. The molecule has 1 N–H and O–H groups in total. The lowest BCUT2D eigenvalue weighted by molar-refractivity contribution is 0.0913. The minimum absolute atomic E-state index is 0.0119. The van der Waals surface area contributed by atoms with Gasteiger partial charge in [0.25, 0.3) is 0 Å². The smallest absolute Gasteiger partial charge is 0.167 e. The van der Waals surface area contributed by atoms with E-state index in [0.29, 0.717) is 11.1 Å². The second-order valence-corrected chi connectivity index (χ2v) is 4.47. The summed E-state index contributed by atoms with van der Waals surface area (Å²) in [4.78, 5) is 12.1. The Hall–Kier alpha value is -1.22. The Kier molecular flexibility index (Phi) is 3.06. The number of aryl methyl sites for hydroxylation is 1. The van der Waals surface area contributed by atoms with Crippen LogP contribution in [0.15, 0.2) is 18.2 Å². The van der Waals surface area contributed by atoms with Crippen molar-refractivity contribution in [2.75, 3.05) is 6.54 Å². The molecular formula is C13H16FNO. The van der Waals surface area contributed by atoms with Crippen LogP contribution < -0.4 is 5.32 Å². The van der Waals surface area contributed by atoms with Crippen LogP contribution in [0.1, 0.15) is 29.3 Å². The molecule has 86 valence electrons. The number of benzene rings is 1. The molecular weight excluding hydrogens is 205 g/mol. The van der Waals surface area contributed by atoms with Crippen molar-refractivity contribution in [1.29, 1.82) is 0 Å². The highest BCUT2D eigenvalue weighted by atomic mass is 19.1. The minimum atomic E-state index is -0.301. The molecule has 0 saturated carbocycles. The van der Waals surface area contributed by atoms with E-state index >= 15 is 0 Å². The molecule has 1 aliphatic heterocycles. The lowest BCUT2D eigenvalue weighted by Gasteiger charge is -2.13. The topological polar surface area (TPSA) is 29.1 Å². The van der Waals surface area contributed by atoms with Gasteiger partial charge in [-0.3, -0.25) is 4.79 Å². The van der Waals surface area contributed by atoms with Crippen molar-refractivity contribution in [2.24, 2.45) is 5.92 Å². The molecule has 1 aromatic rings. The van der Waals surface area contributed by atoms with Gasteiger partial charge in [0, 0.05) is 17.5 Å². The fourth-order valence-electron chi connectivity index (χ4n) is 2.18. The number of Topliss-reactive ketones (excluding diaryl/α,β-unsaturated/α-hetero) is 1. The van der Waals surface area contributed by atoms with Crippen LogP contribution in [0.3, 0.4) is 0 Å². The zero-order valence-electron chi connectivity index (χ0n) is 9.59. The molecule has 1 aromatic carbocycles. The third-order valence-corrected chi connectivity index (χ3v) is 3.32. The Bertz CT molecular complexity index is 416. The maximum Gasteiger partial charge on any atom is 0.167 e. The van der Waals surface area contributed by atoms with Crippen LogP contribution in [0.2, 0.25) is 0 Å². The third kappa shape index (κ3) is 2.00. The molecule has 1 heterocycles. The zero-order valence-corrected chi connectivity index (χ0v) is 9.59. The van der Waals surface area contributed by atoms with E-state index in [0.717, 1.165) is 13.0 Å². The Labute approximate surface area is 94.9 Å². The van der Waals surface area contributed by atoms with Crippen LogP contribution in [0, 0.1) is 18.7 Å². The summed E-state index contributed by atoms with van der Waals surface area (Å²) in [6.07, 6.45) is 0.843. The number of carbonyl (C=O) groups excluding carboxylic acids is 1. The van der Waals surface area contributed by atoms with Gasteiger partial charge in [0.2, 0.25) is 0 Å². The lowest BCUT2D eigenvalue weighted by atomic mass is 9.91. The summed E-state index contributed by atoms with van der Waals surface area (Å²) < 4.78 is 13.4. The Balaban J connectivity index is 2.23. The van der Waals surface area contributed by atoms with E-state index in [1.54, 1.807) is 19.1 Å². The first-order chi connectivity index (χ1) is 7.59.